The summed E-state index contributed by atoms with van der Waals surface area (Å²) in [6.07, 6.45) is 0. The summed E-state index contributed by atoms with van der Waals surface area (Å²) in [6.45, 7) is 0. The maximum Gasteiger partial charge on any atom is 0.151 e. The summed E-state index contributed by atoms with van der Waals surface area (Å²) in [4.78, 5) is 6.98. The summed E-state index contributed by atoms with van der Waals surface area (Å²) < 4.78 is 12.7. The minimum atomic E-state index is 0.837. The van der Waals surface area contributed by atoms with Crippen LogP contribution in [0.1, 0.15) is 0 Å². The minimum Gasteiger partial charge on any atom is -0.453 e. The van der Waals surface area contributed by atoms with E-state index in [1.54, 1.807) is 0 Å². The predicted molar refractivity (Wildman–Crippen MR) is 277 cm³/mol. The fourth-order valence-electron chi connectivity index (χ4n) is 9.87. The highest BCUT2D eigenvalue weighted by molar-refractivity contribution is 6.14. The van der Waals surface area contributed by atoms with Crippen molar-refractivity contribution in [3.63, 3.8) is 0 Å². The highest BCUT2D eigenvalue weighted by Gasteiger charge is 2.27. The van der Waals surface area contributed by atoms with Crippen molar-refractivity contribution in [2.45, 2.75) is 0 Å². The first kappa shape index (κ1) is 38.4. The van der Waals surface area contributed by atoms with Gasteiger partial charge in [-0.15, -0.1) is 0 Å². The quantitative estimate of drug-likeness (QED) is 0.149. The molecule has 0 aromatic heterocycles. The number of ether oxygens (including phenoxy) is 2. The molecule has 0 aliphatic carbocycles. The molecule has 316 valence electrons. The van der Waals surface area contributed by atoms with E-state index in [0.717, 1.165) is 96.4 Å². The number of hydrogen-bond acceptors (Lipinski definition) is 5. The van der Waals surface area contributed by atoms with Gasteiger partial charge in [0.25, 0.3) is 0 Å². The number of anilines is 9. The van der Waals surface area contributed by atoms with Gasteiger partial charge in [0.2, 0.25) is 0 Å². The van der Waals surface area contributed by atoms with E-state index in [4.69, 9.17) is 9.47 Å². The smallest absolute Gasteiger partial charge is 0.151 e. The molecule has 0 saturated heterocycles. The molecule has 0 unspecified atom stereocenters. The van der Waals surface area contributed by atoms with Gasteiger partial charge in [-0.2, -0.15) is 0 Å². The van der Waals surface area contributed by atoms with E-state index in [0.29, 0.717) is 0 Å². The van der Waals surface area contributed by atoms with E-state index in [1.807, 2.05) is 48.5 Å². The monoisotopic (exact) mass is 859 g/mol. The van der Waals surface area contributed by atoms with E-state index in [-0.39, 0.29) is 0 Å². The Kier molecular flexibility index (Phi) is 9.10. The second kappa shape index (κ2) is 15.9. The fraction of sp³-hybridized carbons (Fsp3) is 0. The van der Waals surface area contributed by atoms with Crippen molar-refractivity contribution in [3.05, 3.63) is 249 Å². The van der Waals surface area contributed by atoms with Crippen LogP contribution >= 0.6 is 0 Å². The third-order valence-corrected chi connectivity index (χ3v) is 13.0. The molecule has 0 N–H and O–H groups in total. The van der Waals surface area contributed by atoms with E-state index in [2.05, 4.69) is 215 Å². The third-order valence-electron chi connectivity index (χ3n) is 13.0. The van der Waals surface area contributed by atoms with Crippen molar-refractivity contribution in [3.8, 4) is 45.3 Å². The Morgan fingerprint density at radius 3 is 1.13 bits per heavy atom. The van der Waals surface area contributed by atoms with Gasteiger partial charge in [-0.1, -0.05) is 146 Å². The molecule has 11 aromatic carbocycles. The molecule has 0 bridgehead atoms. The van der Waals surface area contributed by atoms with Gasteiger partial charge in [0.05, 0.1) is 28.4 Å². The second-order valence-corrected chi connectivity index (χ2v) is 16.9. The van der Waals surface area contributed by atoms with E-state index < -0.39 is 0 Å². The van der Waals surface area contributed by atoms with Crippen molar-refractivity contribution in [1.82, 2.24) is 0 Å². The molecule has 0 amide bonds. The van der Waals surface area contributed by atoms with Crippen LogP contribution < -0.4 is 24.2 Å². The molecule has 2 heterocycles. The Hall–Kier alpha value is -9.06. The summed E-state index contributed by atoms with van der Waals surface area (Å²) in [6, 6.07) is 88.2. The summed E-state index contributed by atoms with van der Waals surface area (Å²) in [5, 5.41) is 4.84. The SMILES string of the molecule is c1cc(-c2ccc(N(c3ccc(-c4cccc(N5c6ccccc6Oc6ccccc65)c4)cc3)c3cc4ccccc4c4ccccc34)cc2)cc(N2c3ccccc3Oc3ccccc32)c1. The first-order valence-corrected chi connectivity index (χ1v) is 22.7. The lowest BCUT2D eigenvalue weighted by Crippen LogP contribution is -2.15. The number of fused-ring (bicyclic) bond motifs is 7. The zero-order valence-corrected chi connectivity index (χ0v) is 36.3. The van der Waals surface area contributed by atoms with Crippen molar-refractivity contribution in [2.75, 3.05) is 14.7 Å². The van der Waals surface area contributed by atoms with Gasteiger partial charge in [-0.25, -0.2) is 0 Å². The zero-order chi connectivity index (χ0) is 44.3. The first-order chi connectivity index (χ1) is 33.2. The molecule has 2 aliphatic rings. The first-order valence-electron chi connectivity index (χ1n) is 22.7. The van der Waals surface area contributed by atoms with Crippen molar-refractivity contribution >= 4 is 72.7 Å². The van der Waals surface area contributed by atoms with Crippen molar-refractivity contribution < 1.29 is 9.47 Å². The maximum absolute atomic E-state index is 6.33. The average molecular weight is 860 g/mol. The van der Waals surface area contributed by atoms with Gasteiger partial charge in [0, 0.05) is 28.1 Å². The van der Waals surface area contributed by atoms with E-state index >= 15 is 0 Å². The number of para-hydroxylation sites is 8. The molecule has 13 rings (SSSR count). The van der Waals surface area contributed by atoms with E-state index in [9.17, 15) is 0 Å². The molecule has 5 heteroatoms. The molecular weight excluding hydrogens is 819 g/mol. The van der Waals surface area contributed by atoms with Crippen molar-refractivity contribution in [2.24, 2.45) is 0 Å². The van der Waals surface area contributed by atoms with Crippen LogP contribution in [0.15, 0.2) is 249 Å². The maximum atomic E-state index is 6.33. The van der Waals surface area contributed by atoms with Gasteiger partial charge in [0.15, 0.2) is 23.0 Å². The second-order valence-electron chi connectivity index (χ2n) is 16.9. The van der Waals surface area contributed by atoms with Crippen molar-refractivity contribution in [1.29, 1.82) is 0 Å². The number of nitrogens with zero attached hydrogens (tertiary/aromatic N) is 3. The third kappa shape index (κ3) is 6.64. The molecule has 2 aliphatic heterocycles. The Balaban J connectivity index is 0.892. The van der Waals surface area contributed by atoms with Crippen LogP contribution in [0.4, 0.5) is 51.2 Å². The lowest BCUT2D eigenvalue weighted by molar-refractivity contribution is 0.477. The molecule has 67 heavy (non-hydrogen) atoms. The lowest BCUT2D eigenvalue weighted by Gasteiger charge is -2.33. The average Bonchev–Trinajstić information content (AvgIpc) is 3.40. The predicted octanol–water partition coefficient (Wildman–Crippen LogP) is 17.9. The normalized spacial score (nSPS) is 12.4. The Labute approximate surface area is 389 Å². The number of hydrogen-bond donors (Lipinski definition) is 0. The van der Waals surface area contributed by atoms with Crippen LogP contribution in [-0.4, -0.2) is 0 Å². The largest absolute Gasteiger partial charge is 0.453 e. The Morgan fingerprint density at radius 2 is 0.672 bits per heavy atom. The number of rotatable bonds is 7. The molecule has 5 nitrogen and oxygen atoms in total. The Morgan fingerprint density at radius 1 is 0.284 bits per heavy atom. The van der Waals surface area contributed by atoms with Gasteiger partial charge in [-0.05, 0) is 142 Å². The summed E-state index contributed by atoms with van der Waals surface area (Å²) in [5.74, 6) is 3.35. The van der Waals surface area contributed by atoms with Gasteiger partial charge in [-0.3, -0.25) is 0 Å². The minimum absolute atomic E-state index is 0.837. The molecule has 0 fully saturated rings. The van der Waals surface area contributed by atoms with E-state index in [1.165, 1.54) is 21.5 Å². The topological polar surface area (TPSA) is 28.2 Å². The number of benzene rings is 11. The Bertz CT molecular complexity index is 3400. The van der Waals surface area contributed by atoms with Crippen LogP contribution in [0.2, 0.25) is 0 Å². The molecular formula is C62H41N3O2. The molecule has 0 atom stereocenters. The molecule has 0 spiro atoms. The highest BCUT2D eigenvalue weighted by Crippen LogP contribution is 2.52. The highest BCUT2D eigenvalue weighted by atomic mass is 16.5. The summed E-state index contributed by atoms with van der Waals surface area (Å²) >= 11 is 0. The van der Waals surface area contributed by atoms with Gasteiger partial charge < -0.3 is 24.2 Å². The molecule has 0 radical (unpaired) electrons. The molecule has 11 aromatic rings. The molecule has 0 saturated carbocycles. The summed E-state index contributed by atoms with van der Waals surface area (Å²) in [5.41, 5.74) is 14.0. The van der Waals surface area contributed by atoms with Crippen LogP contribution in [0.5, 0.6) is 23.0 Å². The lowest BCUT2D eigenvalue weighted by atomic mass is 9.98. The summed E-state index contributed by atoms with van der Waals surface area (Å²) in [7, 11) is 0. The van der Waals surface area contributed by atoms with Crippen LogP contribution in [-0.2, 0) is 0 Å². The van der Waals surface area contributed by atoms with Gasteiger partial charge >= 0.3 is 0 Å². The van der Waals surface area contributed by atoms with Crippen LogP contribution in [0.3, 0.4) is 0 Å². The fourth-order valence-corrected chi connectivity index (χ4v) is 9.87. The standard InChI is InChI=1S/C62H41N3O2/c1-2-20-51-46(15-1)41-58(53-22-4-3-21-52(51)53)63(47-35-31-42(32-36-47)44-16-13-18-49(39-44)64-54-23-5-9-27-59(54)66-60-28-10-6-24-55(60)64)48-37-33-43(34-38-48)45-17-14-19-50(40-45)65-56-25-7-11-29-61(56)67-62-30-12-8-26-57(62)65/h1-41H. The van der Waals surface area contributed by atoms with Gasteiger partial charge in [0.1, 0.15) is 0 Å². The van der Waals surface area contributed by atoms with Crippen LogP contribution in [0.25, 0.3) is 43.8 Å². The van der Waals surface area contributed by atoms with Crippen LogP contribution in [0, 0.1) is 0 Å². The zero-order valence-electron chi connectivity index (χ0n) is 36.3.